The van der Waals surface area contributed by atoms with Crippen molar-refractivity contribution >= 4 is 15.2 Å². The molecule has 0 saturated carbocycles. The molecule has 0 bridgehead atoms. The smallest absolute Gasteiger partial charge is 0.191 e. The van der Waals surface area contributed by atoms with Gasteiger partial charge in [-0.15, -0.1) is 0 Å². The van der Waals surface area contributed by atoms with E-state index in [1.165, 1.54) is 0 Å². The van der Waals surface area contributed by atoms with E-state index >= 15 is 0 Å². The first kappa shape index (κ1) is 26.1. The Labute approximate surface area is 126 Å². The second-order valence-corrected chi connectivity index (χ2v) is 8.85. The van der Waals surface area contributed by atoms with Crippen molar-refractivity contribution in [2.75, 3.05) is 14.2 Å². The summed E-state index contributed by atoms with van der Waals surface area (Å²) in [6.45, 7) is 2.02. The van der Waals surface area contributed by atoms with Crippen LogP contribution in [0, 0.1) is 0 Å². The zero-order valence-corrected chi connectivity index (χ0v) is 15.3. The number of aliphatic hydroxyl groups is 1. The molecule has 0 heterocycles. The minimum atomic E-state index is -4.98. The maximum Gasteiger partial charge on any atom is 0.191 e. The highest BCUT2D eigenvalue weighted by molar-refractivity contribution is 7.71. The monoisotopic (exact) mass is 352 g/mol. The normalized spacial score (nSPS) is 19.3. The highest BCUT2D eigenvalue weighted by Gasteiger charge is 2.48. The van der Waals surface area contributed by atoms with Crippen molar-refractivity contribution in [1.82, 2.24) is 12.3 Å². The summed E-state index contributed by atoms with van der Waals surface area (Å²) in [6, 6.07) is 0. The van der Waals surface area contributed by atoms with Gasteiger partial charge in [0.05, 0.1) is 0 Å². The number of rotatable bonds is 10. The molecule has 0 aromatic heterocycles. The lowest BCUT2D eigenvalue weighted by atomic mass is 10.1. The van der Waals surface area contributed by atoms with E-state index in [-0.39, 0.29) is 18.7 Å². The molecule has 0 amide bonds. The zero-order valence-electron chi connectivity index (χ0n) is 13.5. The summed E-state index contributed by atoms with van der Waals surface area (Å²) in [5.41, 5.74) is 0. The first-order valence-corrected chi connectivity index (χ1v) is 9.23. The van der Waals surface area contributed by atoms with Gasteiger partial charge in [-0.1, -0.05) is 32.6 Å². The topological polar surface area (TPSA) is 192 Å². The summed E-state index contributed by atoms with van der Waals surface area (Å²) in [7, 11) is -8.35. The molecule has 0 aliphatic carbocycles. The van der Waals surface area contributed by atoms with Crippen LogP contribution in [0.5, 0.6) is 0 Å². The van der Waals surface area contributed by atoms with E-state index in [2.05, 4.69) is 9.05 Å². The van der Waals surface area contributed by atoms with E-state index in [1.807, 2.05) is 6.92 Å². The van der Waals surface area contributed by atoms with Crippen LogP contribution in [-0.2, 0) is 18.2 Å². The molecule has 0 fully saturated rings. The van der Waals surface area contributed by atoms with Gasteiger partial charge in [-0.3, -0.25) is 0 Å². The van der Waals surface area contributed by atoms with Crippen LogP contribution >= 0.6 is 15.2 Å². The fourth-order valence-electron chi connectivity index (χ4n) is 1.68. The van der Waals surface area contributed by atoms with Crippen LogP contribution in [-0.4, -0.2) is 24.4 Å². The third kappa shape index (κ3) is 6.44. The number of quaternary nitrogens is 2. The molecule has 9 nitrogen and oxygen atoms in total. The average Bonchev–Trinajstić information content (AvgIpc) is 2.37. The molecule has 0 saturated heterocycles. The summed E-state index contributed by atoms with van der Waals surface area (Å²) in [4.78, 5) is 23.3. The van der Waals surface area contributed by atoms with Crippen LogP contribution in [0.3, 0.4) is 0 Å². The standard InChI is InChI=1S/C10H24O7P2.2H3N/c1-4-5-6-7-8-9-10(11,18(12,13)16-2)19(14,15)17-3;;/h11H,4-9H2,1-3H3,(H,12,13)(H,14,15);2*1H3. The Hall–Kier alpha value is 0.180. The van der Waals surface area contributed by atoms with Crippen LogP contribution in [0.15, 0.2) is 0 Å². The Bertz CT molecular complexity index is 343. The molecule has 9 N–H and O–H groups in total. The van der Waals surface area contributed by atoms with Crippen LogP contribution in [0.2, 0.25) is 0 Å². The predicted octanol–water partition coefficient (Wildman–Crippen LogP) is 2.14. The number of hydrogen-bond acceptors (Lipinski definition) is 7. The molecular weight excluding hydrogens is 322 g/mol. The Morgan fingerprint density at radius 2 is 1.33 bits per heavy atom. The fraction of sp³-hybridized carbons (Fsp3) is 1.00. The molecular formula is C10H30N2O7P2. The van der Waals surface area contributed by atoms with E-state index in [0.717, 1.165) is 33.5 Å². The lowest BCUT2D eigenvalue weighted by molar-refractivity contribution is -0.230. The second kappa shape index (κ2) is 10.8. The minimum absolute atomic E-state index is 0. The van der Waals surface area contributed by atoms with Crippen molar-refractivity contribution in [2.24, 2.45) is 0 Å². The van der Waals surface area contributed by atoms with E-state index in [1.54, 1.807) is 0 Å². The second-order valence-electron chi connectivity index (χ2n) is 4.30. The van der Waals surface area contributed by atoms with Crippen molar-refractivity contribution in [3.8, 4) is 0 Å². The molecule has 0 aliphatic rings. The van der Waals surface area contributed by atoms with Gasteiger partial charge < -0.3 is 45.4 Å². The van der Waals surface area contributed by atoms with E-state index in [9.17, 15) is 24.0 Å². The van der Waals surface area contributed by atoms with Crippen LogP contribution < -0.4 is 22.1 Å². The molecule has 0 radical (unpaired) electrons. The van der Waals surface area contributed by atoms with E-state index < -0.39 is 26.7 Å². The highest BCUT2D eigenvalue weighted by Crippen LogP contribution is 2.69. The zero-order chi connectivity index (χ0) is 15.2. The third-order valence-corrected chi connectivity index (χ3v) is 7.61. The molecule has 0 aromatic rings. The molecule has 21 heavy (non-hydrogen) atoms. The van der Waals surface area contributed by atoms with Crippen molar-refractivity contribution in [3.63, 3.8) is 0 Å². The molecule has 132 valence electrons. The van der Waals surface area contributed by atoms with Crippen molar-refractivity contribution in [2.45, 2.75) is 50.5 Å². The highest BCUT2D eigenvalue weighted by atomic mass is 31.2. The quantitative estimate of drug-likeness (QED) is 0.395. The summed E-state index contributed by atoms with van der Waals surface area (Å²) in [5.74, 6) is 0. The Morgan fingerprint density at radius 1 is 0.952 bits per heavy atom. The maximum absolute atomic E-state index is 11.7. The predicted molar refractivity (Wildman–Crippen MR) is 79.5 cm³/mol. The first-order valence-electron chi connectivity index (χ1n) is 6.14. The van der Waals surface area contributed by atoms with Crippen LogP contribution in [0.4, 0.5) is 0 Å². The van der Waals surface area contributed by atoms with Gasteiger partial charge >= 0.3 is 0 Å². The van der Waals surface area contributed by atoms with Crippen LogP contribution in [0.1, 0.15) is 45.4 Å². The maximum atomic E-state index is 11.7. The summed E-state index contributed by atoms with van der Waals surface area (Å²) < 4.78 is 31.6. The number of hydrogen-bond donors (Lipinski definition) is 3. The van der Waals surface area contributed by atoms with Gasteiger partial charge in [0.1, 0.15) is 0 Å². The van der Waals surface area contributed by atoms with Gasteiger partial charge in [0.2, 0.25) is 0 Å². The van der Waals surface area contributed by atoms with Gasteiger partial charge in [-0.2, -0.15) is 0 Å². The molecule has 0 spiro atoms. The molecule has 2 atom stereocenters. The molecule has 0 rings (SSSR count). The number of unbranched alkanes of at least 4 members (excludes halogenated alkanes) is 4. The Balaban J connectivity index is -0.00000162. The van der Waals surface area contributed by atoms with Crippen LogP contribution in [0.25, 0.3) is 0 Å². The Morgan fingerprint density at radius 3 is 1.67 bits per heavy atom. The van der Waals surface area contributed by atoms with Crippen molar-refractivity contribution < 1.29 is 33.1 Å². The van der Waals surface area contributed by atoms with Crippen molar-refractivity contribution in [3.05, 3.63) is 0 Å². The SMILES string of the molecule is CCCCCCCC(O)(P(=O)([O-])OC)P(=O)([O-])OC.[NH4+].[NH4+]. The van der Waals surface area contributed by atoms with Crippen molar-refractivity contribution in [1.29, 1.82) is 0 Å². The molecule has 0 aromatic carbocycles. The lowest BCUT2D eigenvalue weighted by Gasteiger charge is -2.45. The summed E-state index contributed by atoms with van der Waals surface area (Å²) in [5, 5.41) is 7.02. The summed E-state index contributed by atoms with van der Waals surface area (Å²) in [6.07, 6.45) is 3.24. The average molecular weight is 352 g/mol. The van der Waals surface area contributed by atoms with Gasteiger partial charge in [0.25, 0.3) is 0 Å². The third-order valence-electron chi connectivity index (χ3n) is 2.97. The first-order chi connectivity index (χ1) is 8.68. The van der Waals surface area contributed by atoms with E-state index in [0.29, 0.717) is 6.42 Å². The van der Waals surface area contributed by atoms with Gasteiger partial charge in [0, 0.05) is 14.2 Å². The van der Waals surface area contributed by atoms with Gasteiger partial charge in [-0.05, 0) is 12.8 Å². The molecule has 0 aliphatic heterocycles. The molecule has 2 unspecified atom stereocenters. The van der Waals surface area contributed by atoms with Gasteiger partial charge in [-0.25, -0.2) is 0 Å². The molecule has 11 heteroatoms. The summed E-state index contributed by atoms with van der Waals surface area (Å²) >= 11 is 0. The largest absolute Gasteiger partial charge is 0.776 e. The van der Waals surface area contributed by atoms with E-state index in [4.69, 9.17) is 0 Å². The fourth-order valence-corrected chi connectivity index (χ4v) is 4.82. The lowest BCUT2D eigenvalue weighted by Crippen LogP contribution is -2.38. The Kier molecular flexibility index (Phi) is 13.5. The minimum Gasteiger partial charge on any atom is -0.776 e. The van der Waals surface area contributed by atoms with Gasteiger partial charge in [0.15, 0.2) is 20.3 Å².